The standard InChI is InChI=1S/C14H13F12O4P/c15-11(16,17)6-27-31(28-7-12(18,19)20,29-8-13(21,22)23,30-9-14(24,25)26)10-4-2-1-3-5-10/h1-5H,6-9H2. The van der Waals surface area contributed by atoms with Gasteiger partial charge in [0.25, 0.3) is 0 Å². The fourth-order valence-corrected chi connectivity index (χ4v) is 5.11. The molecule has 0 heterocycles. The molecule has 0 aliphatic heterocycles. The molecule has 1 aromatic carbocycles. The molecule has 17 heteroatoms. The molecule has 0 aliphatic carbocycles. The van der Waals surface area contributed by atoms with Crippen LogP contribution in [-0.4, -0.2) is 51.1 Å². The van der Waals surface area contributed by atoms with Gasteiger partial charge in [-0.3, -0.25) is 0 Å². The molecule has 0 unspecified atom stereocenters. The Morgan fingerprint density at radius 3 is 0.968 bits per heavy atom. The van der Waals surface area contributed by atoms with Gasteiger partial charge in [0, 0.05) is 0 Å². The van der Waals surface area contributed by atoms with Gasteiger partial charge < -0.3 is 0 Å². The van der Waals surface area contributed by atoms with Crippen LogP contribution in [0.4, 0.5) is 52.7 Å². The van der Waals surface area contributed by atoms with Crippen molar-refractivity contribution in [2.75, 3.05) is 26.4 Å². The number of hydrogen-bond acceptors (Lipinski definition) is 4. The Morgan fingerprint density at radius 1 is 0.484 bits per heavy atom. The van der Waals surface area contributed by atoms with Crippen molar-refractivity contribution in [3.05, 3.63) is 30.3 Å². The summed E-state index contributed by atoms with van der Waals surface area (Å²) in [5.74, 6) is 0. The fourth-order valence-electron chi connectivity index (χ4n) is 1.93. The van der Waals surface area contributed by atoms with Crippen LogP contribution in [0.2, 0.25) is 0 Å². The molecule has 31 heavy (non-hydrogen) atoms. The van der Waals surface area contributed by atoms with Crippen LogP contribution in [0.5, 0.6) is 0 Å². The van der Waals surface area contributed by atoms with E-state index < -0.39 is 63.9 Å². The van der Waals surface area contributed by atoms with Gasteiger partial charge in [-0.2, -0.15) is 0 Å². The summed E-state index contributed by atoms with van der Waals surface area (Å²) in [5, 5.41) is -1.16. The minimum absolute atomic E-state index is 0.553. The van der Waals surface area contributed by atoms with Crippen LogP contribution in [0.1, 0.15) is 0 Å². The van der Waals surface area contributed by atoms with E-state index in [1.807, 2.05) is 0 Å². The summed E-state index contributed by atoms with van der Waals surface area (Å²) in [6.07, 6.45) is -21.7. The van der Waals surface area contributed by atoms with E-state index in [9.17, 15) is 52.7 Å². The molecule has 1 rings (SSSR count). The summed E-state index contributed by atoms with van der Waals surface area (Å²) in [6.45, 7) is -10.6. The summed E-state index contributed by atoms with van der Waals surface area (Å²) >= 11 is 0. The summed E-state index contributed by atoms with van der Waals surface area (Å²) in [5.41, 5.74) is 0. The van der Waals surface area contributed by atoms with Gasteiger partial charge in [-0.1, -0.05) is 0 Å². The third-order valence-corrected chi connectivity index (χ3v) is 6.42. The van der Waals surface area contributed by atoms with Crippen LogP contribution < -0.4 is 5.30 Å². The molecule has 0 N–H and O–H groups in total. The van der Waals surface area contributed by atoms with E-state index in [1.165, 1.54) is 0 Å². The molecular formula is C14H13F12O4P. The Balaban J connectivity index is 3.73. The van der Waals surface area contributed by atoms with Crippen LogP contribution >= 0.6 is 7.51 Å². The molecule has 0 fully saturated rings. The van der Waals surface area contributed by atoms with E-state index in [0.717, 1.165) is 18.2 Å². The van der Waals surface area contributed by atoms with Gasteiger partial charge in [0.15, 0.2) is 0 Å². The quantitative estimate of drug-likeness (QED) is 0.313. The second-order valence-corrected chi connectivity index (χ2v) is 8.88. The molecule has 0 spiro atoms. The maximum absolute atomic E-state index is 12.8. The zero-order valence-electron chi connectivity index (χ0n) is 14.8. The molecule has 0 saturated heterocycles. The van der Waals surface area contributed by atoms with Crippen LogP contribution in [0.25, 0.3) is 0 Å². The first kappa shape index (κ1) is 27.7. The third-order valence-electron chi connectivity index (χ3n) is 2.98. The number of rotatable bonds is 9. The fraction of sp³-hybridized carbons (Fsp3) is 0.571. The number of benzene rings is 1. The Bertz CT molecular complexity index is 615. The van der Waals surface area contributed by atoms with Crippen LogP contribution in [0.3, 0.4) is 0 Å². The van der Waals surface area contributed by atoms with Crippen molar-refractivity contribution in [2.24, 2.45) is 0 Å². The Morgan fingerprint density at radius 2 is 0.742 bits per heavy atom. The van der Waals surface area contributed by atoms with Gasteiger partial charge in [0.1, 0.15) is 0 Å². The third kappa shape index (κ3) is 9.35. The summed E-state index contributed by atoms with van der Waals surface area (Å²) in [7, 11) is -7.05. The van der Waals surface area contributed by atoms with E-state index in [1.54, 1.807) is 0 Å². The van der Waals surface area contributed by atoms with Gasteiger partial charge in [0.2, 0.25) is 0 Å². The van der Waals surface area contributed by atoms with Gasteiger partial charge in [-0.25, -0.2) is 0 Å². The average Bonchev–Trinajstić information content (AvgIpc) is 2.59. The zero-order valence-corrected chi connectivity index (χ0v) is 15.7. The molecule has 0 radical (unpaired) electrons. The number of alkyl halides is 12. The normalized spacial score (nSPS) is 15.5. The molecule has 0 bridgehead atoms. The predicted molar refractivity (Wildman–Crippen MR) is 81.0 cm³/mol. The molecule has 1 aromatic rings. The topological polar surface area (TPSA) is 36.9 Å². The van der Waals surface area contributed by atoms with E-state index in [0.29, 0.717) is 12.1 Å². The Kier molecular flexibility index (Phi) is 8.26. The molecule has 0 aromatic heterocycles. The molecule has 182 valence electrons. The van der Waals surface area contributed by atoms with Crippen molar-refractivity contribution in [3.8, 4) is 0 Å². The van der Waals surface area contributed by atoms with Gasteiger partial charge >= 0.3 is 165 Å². The van der Waals surface area contributed by atoms with Gasteiger partial charge in [-0.15, -0.1) is 0 Å². The van der Waals surface area contributed by atoms with Crippen molar-refractivity contribution in [3.63, 3.8) is 0 Å². The van der Waals surface area contributed by atoms with E-state index >= 15 is 0 Å². The van der Waals surface area contributed by atoms with Crippen molar-refractivity contribution in [2.45, 2.75) is 24.7 Å². The maximum atomic E-state index is 12.8. The van der Waals surface area contributed by atoms with Crippen molar-refractivity contribution in [1.82, 2.24) is 0 Å². The van der Waals surface area contributed by atoms with Crippen LogP contribution in [-0.2, 0) is 18.1 Å². The Hall–Kier alpha value is -1.35. The first-order chi connectivity index (χ1) is 13.8. The molecule has 0 aliphatic rings. The Labute approximate surface area is 166 Å². The predicted octanol–water partition coefficient (Wildman–Crippen LogP) is 5.84. The van der Waals surface area contributed by atoms with E-state index in [4.69, 9.17) is 0 Å². The monoisotopic (exact) mass is 504 g/mol. The van der Waals surface area contributed by atoms with E-state index in [2.05, 4.69) is 18.1 Å². The SMILES string of the molecule is FC(F)(F)COP(OCC(F)(F)F)(OCC(F)(F)F)(OCC(F)(F)F)c1ccccc1. The summed E-state index contributed by atoms with van der Waals surface area (Å²) < 4.78 is 170. The molecule has 0 atom stereocenters. The first-order valence-electron chi connectivity index (χ1n) is 7.70. The van der Waals surface area contributed by atoms with Crippen molar-refractivity contribution < 1.29 is 70.8 Å². The second kappa shape index (κ2) is 9.25. The first-order valence-corrected chi connectivity index (χ1v) is 9.61. The zero-order chi connectivity index (χ0) is 24.2. The van der Waals surface area contributed by atoms with Crippen molar-refractivity contribution >= 4 is 12.8 Å². The van der Waals surface area contributed by atoms with Crippen LogP contribution in [0, 0.1) is 0 Å². The molecule has 0 saturated carbocycles. The molecular weight excluding hydrogens is 491 g/mol. The minimum atomic E-state index is -7.05. The number of hydrogen-bond donors (Lipinski definition) is 0. The van der Waals surface area contributed by atoms with Gasteiger partial charge in [-0.05, 0) is 0 Å². The van der Waals surface area contributed by atoms with E-state index in [-0.39, 0.29) is 0 Å². The van der Waals surface area contributed by atoms with Gasteiger partial charge in [0.05, 0.1) is 0 Å². The van der Waals surface area contributed by atoms with Crippen LogP contribution in [0.15, 0.2) is 30.3 Å². The average molecular weight is 504 g/mol. The second-order valence-electron chi connectivity index (χ2n) is 5.70. The summed E-state index contributed by atoms with van der Waals surface area (Å²) in [6, 6.07) is 3.96. The summed E-state index contributed by atoms with van der Waals surface area (Å²) in [4.78, 5) is 0. The molecule has 0 amide bonds. The number of halogens is 12. The van der Waals surface area contributed by atoms with Crippen molar-refractivity contribution in [1.29, 1.82) is 0 Å². The molecule has 4 nitrogen and oxygen atoms in total.